The van der Waals surface area contributed by atoms with Gasteiger partial charge in [-0.1, -0.05) is 42.5 Å². The summed E-state index contributed by atoms with van der Waals surface area (Å²) in [5.41, 5.74) is 2.61. The molecule has 1 aromatic heterocycles. The molecule has 0 aliphatic heterocycles. The number of carbonyl (C=O) groups excluding carboxylic acids is 2. The lowest BCUT2D eigenvalue weighted by molar-refractivity contribution is -0.123. The molecule has 154 valence electrons. The second-order valence-electron chi connectivity index (χ2n) is 7.71. The fourth-order valence-corrected chi connectivity index (χ4v) is 3.36. The van der Waals surface area contributed by atoms with E-state index >= 15 is 0 Å². The lowest BCUT2D eigenvalue weighted by Crippen LogP contribution is -2.51. The molecule has 1 fully saturated rings. The minimum Gasteiger partial charge on any atom is -0.340 e. The Hall–Kier alpha value is -3.98. The molecular formula is C25H22N4O2. The molecule has 1 atom stereocenters. The summed E-state index contributed by atoms with van der Waals surface area (Å²) in [4.78, 5) is 29.7. The maximum atomic E-state index is 12.9. The van der Waals surface area contributed by atoms with Crippen LogP contribution in [0.4, 0.5) is 0 Å². The van der Waals surface area contributed by atoms with Crippen molar-refractivity contribution in [1.29, 1.82) is 5.26 Å². The quantitative estimate of drug-likeness (QED) is 0.625. The van der Waals surface area contributed by atoms with Crippen LogP contribution in [0.3, 0.4) is 0 Å². The van der Waals surface area contributed by atoms with Crippen molar-refractivity contribution < 1.29 is 9.59 Å². The fourth-order valence-electron chi connectivity index (χ4n) is 3.36. The smallest absolute Gasteiger partial charge is 0.251 e. The zero-order valence-corrected chi connectivity index (χ0v) is 16.9. The van der Waals surface area contributed by atoms with Gasteiger partial charge in [0.15, 0.2) is 0 Å². The average Bonchev–Trinajstić information content (AvgIpc) is 3.60. The molecule has 1 saturated carbocycles. The average molecular weight is 410 g/mol. The number of amides is 2. The number of hydrogen-bond acceptors (Lipinski definition) is 4. The third-order valence-corrected chi connectivity index (χ3v) is 5.39. The zero-order valence-electron chi connectivity index (χ0n) is 16.9. The van der Waals surface area contributed by atoms with Crippen molar-refractivity contribution in [3.05, 3.63) is 90.3 Å². The van der Waals surface area contributed by atoms with Gasteiger partial charge in [-0.25, -0.2) is 0 Å². The van der Waals surface area contributed by atoms with Gasteiger partial charge in [0, 0.05) is 24.4 Å². The normalized spacial score (nSPS) is 14.7. The highest BCUT2D eigenvalue weighted by Gasteiger charge is 2.45. The molecule has 3 aromatic rings. The Morgan fingerprint density at radius 3 is 2.23 bits per heavy atom. The van der Waals surface area contributed by atoms with E-state index < -0.39 is 11.6 Å². The summed E-state index contributed by atoms with van der Waals surface area (Å²) in [5, 5.41) is 14.9. The topological polar surface area (TPSA) is 94.9 Å². The molecule has 0 spiro atoms. The summed E-state index contributed by atoms with van der Waals surface area (Å²) in [6.45, 7) is 0. The van der Waals surface area contributed by atoms with E-state index in [9.17, 15) is 14.9 Å². The number of nitriles is 1. The van der Waals surface area contributed by atoms with Crippen molar-refractivity contribution in [3.8, 4) is 17.2 Å². The number of nitrogens with one attached hydrogen (secondary N) is 2. The zero-order chi connectivity index (χ0) is 21.7. The first-order chi connectivity index (χ1) is 15.1. The Kier molecular flexibility index (Phi) is 5.76. The van der Waals surface area contributed by atoms with Crippen LogP contribution in [0.2, 0.25) is 0 Å². The van der Waals surface area contributed by atoms with E-state index in [-0.39, 0.29) is 11.8 Å². The van der Waals surface area contributed by atoms with Gasteiger partial charge in [0.05, 0.1) is 6.07 Å². The van der Waals surface area contributed by atoms with Crippen LogP contribution in [-0.4, -0.2) is 28.4 Å². The molecule has 2 amide bonds. The highest BCUT2D eigenvalue weighted by Crippen LogP contribution is 2.34. The molecule has 0 bridgehead atoms. The first-order valence-corrected chi connectivity index (χ1v) is 10.2. The van der Waals surface area contributed by atoms with Gasteiger partial charge in [0.1, 0.15) is 11.6 Å². The van der Waals surface area contributed by atoms with E-state index in [1.165, 1.54) is 0 Å². The molecule has 0 radical (unpaired) electrons. The summed E-state index contributed by atoms with van der Waals surface area (Å²) in [6.07, 6.45) is 4.86. The summed E-state index contributed by atoms with van der Waals surface area (Å²) >= 11 is 0. The lowest BCUT2D eigenvalue weighted by Gasteiger charge is -2.20. The summed E-state index contributed by atoms with van der Waals surface area (Å²) in [5.74, 6) is -0.694. The Morgan fingerprint density at radius 1 is 0.968 bits per heavy atom. The molecule has 31 heavy (non-hydrogen) atoms. The maximum absolute atomic E-state index is 12.9. The Morgan fingerprint density at radius 2 is 1.61 bits per heavy atom. The first-order valence-electron chi connectivity index (χ1n) is 10.2. The fraction of sp³-hybridized carbons (Fsp3) is 0.200. The Labute approximate surface area is 180 Å². The van der Waals surface area contributed by atoms with Gasteiger partial charge >= 0.3 is 0 Å². The van der Waals surface area contributed by atoms with E-state index in [1.807, 2.05) is 42.5 Å². The maximum Gasteiger partial charge on any atom is 0.251 e. The number of carbonyl (C=O) groups is 2. The molecule has 2 aromatic carbocycles. The van der Waals surface area contributed by atoms with Crippen molar-refractivity contribution in [2.24, 2.45) is 0 Å². The van der Waals surface area contributed by atoms with Crippen molar-refractivity contribution in [3.63, 3.8) is 0 Å². The standard InChI is InChI=1S/C25H22N4O2/c26-17-25(12-13-25)29-24(31)22(16-18-10-14-27-15-11-18)28-23(30)21-8-6-20(7-9-21)19-4-2-1-3-5-19/h1-11,14-15,22H,12-13,16H2,(H,28,30)(H,29,31)/t22-/m0/s1. The minimum absolute atomic E-state index is 0.309. The van der Waals surface area contributed by atoms with Crippen molar-refractivity contribution in [2.45, 2.75) is 30.8 Å². The molecule has 6 heteroatoms. The molecule has 1 aliphatic rings. The highest BCUT2D eigenvalue weighted by molar-refractivity contribution is 5.98. The molecule has 0 saturated heterocycles. The third-order valence-electron chi connectivity index (χ3n) is 5.39. The van der Waals surface area contributed by atoms with Crippen LogP contribution < -0.4 is 10.6 Å². The van der Waals surface area contributed by atoms with E-state index in [0.717, 1.165) is 16.7 Å². The molecule has 1 heterocycles. The predicted octanol–water partition coefficient (Wildman–Crippen LogP) is 3.26. The van der Waals surface area contributed by atoms with Crippen LogP contribution in [0.1, 0.15) is 28.8 Å². The van der Waals surface area contributed by atoms with Crippen LogP contribution in [0.5, 0.6) is 0 Å². The van der Waals surface area contributed by atoms with E-state index in [2.05, 4.69) is 21.7 Å². The monoisotopic (exact) mass is 410 g/mol. The summed E-state index contributed by atoms with van der Waals surface area (Å²) in [6, 6.07) is 22.1. The van der Waals surface area contributed by atoms with Crippen LogP contribution in [0.25, 0.3) is 11.1 Å². The number of rotatable bonds is 7. The van der Waals surface area contributed by atoms with Crippen molar-refractivity contribution >= 4 is 11.8 Å². The largest absolute Gasteiger partial charge is 0.340 e. The molecule has 1 aliphatic carbocycles. The number of pyridine rings is 1. The molecule has 4 rings (SSSR count). The van der Waals surface area contributed by atoms with Crippen LogP contribution in [-0.2, 0) is 11.2 Å². The second kappa shape index (κ2) is 8.80. The lowest BCUT2D eigenvalue weighted by atomic mass is 10.0. The molecule has 6 nitrogen and oxygen atoms in total. The van der Waals surface area contributed by atoms with Crippen LogP contribution >= 0.6 is 0 Å². The Balaban J connectivity index is 1.49. The van der Waals surface area contributed by atoms with E-state index in [4.69, 9.17) is 0 Å². The minimum atomic E-state index is -0.797. The number of hydrogen-bond donors (Lipinski definition) is 2. The number of benzene rings is 2. The van der Waals surface area contributed by atoms with Gasteiger partial charge in [-0.3, -0.25) is 14.6 Å². The Bertz CT molecular complexity index is 1100. The number of aromatic nitrogens is 1. The van der Waals surface area contributed by atoms with E-state index in [0.29, 0.717) is 24.8 Å². The van der Waals surface area contributed by atoms with Gasteiger partial charge in [-0.2, -0.15) is 5.26 Å². The SMILES string of the molecule is N#CC1(NC(=O)[C@H](Cc2ccncc2)NC(=O)c2ccc(-c3ccccc3)cc2)CC1. The summed E-state index contributed by atoms with van der Waals surface area (Å²) < 4.78 is 0. The van der Waals surface area contributed by atoms with Crippen molar-refractivity contribution in [2.75, 3.05) is 0 Å². The van der Waals surface area contributed by atoms with Gasteiger partial charge in [-0.15, -0.1) is 0 Å². The van der Waals surface area contributed by atoms with E-state index in [1.54, 1.807) is 36.7 Å². The molecule has 2 N–H and O–H groups in total. The summed E-state index contributed by atoms with van der Waals surface area (Å²) in [7, 11) is 0. The third kappa shape index (κ3) is 4.96. The van der Waals surface area contributed by atoms with Gasteiger partial charge in [-0.05, 0) is 53.8 Å². The van der Waals surface area contributed by atoms with Gasteiger partial charge in [0.2, 0.25) is 5.91 Å². The van der Waals surface area contributed by atoms with Gasteiger partial charge < -0.3 is 10.6 Å². The van der Waals surface area contributed by atoms with Crippen LogP contribution in [0, 0.1) is 11.3 Å². The predicted molar refractivity (Wildman–Crippen MR) is 117 cm³/mol. The highest BCUT2D eigenvalue weighted by atomic mass is 16.2. The first kappa shape index (κ1) is 20.3. The number of nitrogens with zero attached hydrogens (tertiary/aromatic N) is 2. The second-order valence-corrected chi connectivity index (χ2v) is 7.71. The van der Waals surface area contributed by atoms with Crippen LogP contribution in [0.15, 0.2) is 79.1 Å². The molecular weight excluding hydrogens is 388 g/mol. The van der Waals surface area contributed by atoms with Crippen molar-refractivity contribution in [1.82, 2.24) is 15.6 Å². The van der Waals surface area contributed by atoms with Gasteiger partial charge in [0.25, 0.3) is 5.91 Å². The molecule has 0 unspecified atom stereocenters.